The van der Waals surface area contributed by atoms with Gasteiger partial charge in [0.25, 0.3) is 0 Å². The molecule has 202 valence electrons. The van der Waals surface area contributed by atoms with E-state index in [1.165, 1.54) is 93.7 Å². The Hall–Kier alpha value is -1.02. The Kier molecular flexibility index (Phi) is 12.6. The molecule has 0 fully saturated rings. The first kappa shape index (κ1) is 30.2. The van der Waals surface area contributed by atoms with Crippen molar-refractivity contribution in [3.63, 3.8) is 0 Å². The monoisotopic (exact) mass is 486 g/mol. The van der Waals surface area contributed by atoms with E-state index in [2.05, 4.69) is 55.4 Å². The summed E-state index contributed by atoms with van der Waals surface area (Å²) in [6.07, 6.45) is 16.4. The van der Waals surface area contributed by atoms with Crippen LogP contribution in [0.4, 0.5) is 0 Å². The second kappa shape index (κ2) is 14.7. The maximum atomic E-state index is 6.15. The third-order valence-electron chi connectivity index (χ3n) is 8.98. The van der Waals surface area contributed by atoms with Crippen LogP contribution in [0, 0.1) is 43.9 Å². The molecule has 0 spiro atoms. The van der Waals surface area contributed by atoms with Crippen molar-refractivity contribution in [1.82, 2.24) is 0 Å². The Morgan fingerprint density at radius 2 is 1.34 bits per heavy atom. The fourth-order valence-corrected chi connectivity index (χ4v) is 6.30. The average Bonchev–Trinajstić information content (AvgIpc) is 2.79. The smallest absolute Gasteiger partial charge is 0.125 e. The molecule has 0 N–H and O–H groups in total. The highest BCUT2D eigenvalue weighted by molar-refractivity contribution is 5.55. The van der Waals surface area contributed by atoms with Gasteiger partial charge in [0, 0.05) is 7.11 Å². The summed E-state index contributed by atoms with van der Waals surface area (Å²) in [6, 6.07) is 0. The van der Waals surface area contributed by atoms with E-state index in [0.29, 0.717) is 18.6 Å². The zero-order chi connectivity index (χ0) is 26.0. The molecule has 0 aliphatic heterocycles. The summed E-state index contributed by atoms with van der Waals surface area (Å²) in [5, 5.41) is 0. The Labute approximate surface area is 219 Å². The molecular weight excluding hydrogens is 428 g/mol. The Morgan fingerprint density at radius 1 is 0.743 bits per heavy atom. The van der Waals surface area contributed by atoms with Crippen LogP contribution in [0.1, 0.15) is 127 Å². The van der Waals surface area contributed by atoms with Gasteiger partial charge in [0.05, 0.1) is 6.61 Å². The van der Waals surface area contributed by atoms with Crippen LogP contribution in [0.25, 0.3) is 0 Å². The lowest BCUT2D eigenvalue weighted by Crippen LogP contribution is -2.28. The molecule has 2 nitrogen and oxygen atoms in total. The largest absolute Gasteiger partial charge is 0.491 e. The van der Waals surface area contributed by atoms with Gasteiger partial charge in [-0.25, -0.2) is 0 Å². The minimum Gasteiger partial charge on any atom is -0.491 e. The summed E-state index contributed by atoms with van der Waals surface area (Å²) in [4.78, 5) is 0. The van der Waals surface area contributed by atoms with Gasteiger partial charge in [0.1, 0.15) is 12.4 Å². The van der Waals surface area contributed by atoms with Gasteiger partial charge in [-0.05, 0) is 97.4 Å². The second-order valence-corrected chi connectivity index (χ2v) is 12.8. The molecule has 1 aromatic rings. The zero-order valence-corrected chi connectivity index (χ0v) is 24.9. The summed E-state index contributed by atoms with van der Waals surface area (Å²) < 4.78 is 11.3. The molecule has 1 aliphatic rings. The van der Waals surface area contributed by atoms with Crippen LogP contribution in [0.5, 0.6) is 5.75 Å². The van der Waals surface area contributed by atoms with Crippen molar-refractivity contribution in [1.29, 1.82) is 0 Å². The first-order valence-corrected chi connectivity index (χ1v) is 14.8. The number of hydrogen-bond acceptors (Lipinski definition) is 2. The molecule has 0 amide bonds. The normalized spacial score (nSPS) is 19.6. The van der Waals surface area contributed by atoms with Gasteiger partial charge in [-0.1, -0.05) is 86.0 Å². The molecule has 35 heavy (non-hydrogen) atoms. The quantitative estimate of drug-likeness (QED) is 0.216. The van der Waals surface area contributed by atoms with Crippen molar-refractivity contribution < 1.29 is 9.47 Å². The van der Waals surface area contributed by atoms with Gasteiger partial charge in [-0.3, -0.25) is 0 Å². The molecular formula is C33H58O2. The van der Waals surface area contributed by atoms with E-state index in [-0.39, 0.29) is 0 Å². The number of ether oxygens (including phenoxy) is 2. The summed E-state index contributed by atoms with van der Waals surface area (Å²) in [7, 11) is 1.74. The zero-order valence-electron chi connectivity index (χ0n) is 24.9. The lowest BCUT2D eigenvalue weighted by molar-refractivity contribution is 0.145. The Morgan fingerprint density at radius 3 is 1.94 bits per heavy atom. The number of benzene rings is 1. The van der Waals surface area contributed by atoms with Gasteiger partial charge >= 0.3 is 0 Å². The van der Waals surface area contributed by atoms with E-state index in [1.54, 1.807) is 18.2 Å². The van der Waals surface area contributed by atoms with Gasteiger partial charge in [0.2, 0.25) is 0 Å². The molecule has 1 aliphatic carbocycles. The molecule has 0 bridgehead atoms. The predicted molar refractivity (Wildman–Crippen MR) is 153 cm³/mol. The molecule has 0 unspecified atom stereocenters. The van der Waals surface area contributed by atoms with Crippen molar-refractivity contribution in [2.24, 2.45) is 23.2 Å². The summed E-state index contributed by atoms with van der Waals surface area (Å²) in [5.41, 5.74) is 7.78. The van der Waals surface area contributed by atoms with E-state index in [9.17, 15) is 0 Å². The van der Waals surface area contributed by atoms with Crippen LogP contribution < -0.4 is 4.74 Å². The Balaban J connectivity index is 1.81. The standard InChI is InChI=1S/C33H58O2/c1-24(2)13-10-14-25(3)15-11-16-26(4)17-12-19-33(8)20-18-30-29(7)32(35-22-21-34-9)28(6)27(5)31(30)23-33/h24-26H,10-23H2,1-9H3/t25-,26-,33-/m1/s1. The van der Waals surface area contributed by atoms with Gasteiger partial charge in [0.15, 0.2) is 0 Å². The average molecular weight is 487 g/mol. The topological polar surface area (TPSA) is 18.5 Å². The van der Waals surface area contributed by atoms with Gasteiger partial charge in [-0.15, -0.1) is 0 Å². The number of rotatable bonds is 16. The highest BCUT2D eigenvalue weighted by Gasteiger charge is 2.33. The number of methoxy groups -OCH3 is 1. The SMILES string of the molecule is COCCOc1c(C)c(C)c2c(c1C)CC[C@@](C)(CCC[C@H](C)CCC[C@H](C)CCCC(C)C)C2. The first-order chi connectivity index (χ1) is 16.6. The lowest BCUT2D eigenvalue weighted by Gasteiger charge is -2.38. The maximum absolute atomic E-state index is 6.15. The molecule has 2 rings (SSSR count). The highest BCUT2D eigenvalue weighted by atomic mass is 16.5. The van der Waals surface area contributed by atoms with Gasteiger partial charge < -0.3 is 9.47 Å². The van der Waals surface area contributed by atoms with E-state index in [1.807, 2.05) is 0 Å². The minimum absolute atomic E-state index is 0.444. The third kappa shape index (κ3) is 9.42. The highest BCUT2D eigenvalue weighted by Crippen LogP contribution is 2.45. The number of fused-ring (bicyclic) bond motifs is 1. The lowest BCUT2D eigenvalue weighted by atomic mass is 9.67. The fourth-order valence-electron chi connectivity index (χ4n) is 6.30. The van der Waals surface area contributed by atoms with Crippen LogP contribution in [0.15, 0.2) is 0 Å². The first-order valence-electron chi connectivity index (χ1n) is 14.8. The van der Waals surface area contributed by atoms with Crippen molar-refractivity contribution in [3.05, 3.63) is 27.8 Å². The molecule has 1 aromatic carbocycles. The maximum Gasteiger partial charge on any atom is 0.125 e. The summed E-state index contributed by atoms with van der Waals surface area (Å²) in [6.45, 7) is 20.3. The van der Waals surface area contributed by atoms with Crippen molar-refractivity contribution in [2.75, 3.05) is 20.3 Å². The van der Waals surface area contributed by atoms with Crippen LogP contribution >= 0.6 is 0 Å². The van der Waals surface area contributed by atoms with Crippen LogP contribution in [-0.2, 0) is 17.6 Å². The van der Waals surface area contributed by atoms with E-state index in [0.717, 1.165) is 23.5 Å². The molecule has 0 aromatic heterocycles. The summed E-state index contributed by atoms with van der Waals surface area (Å²) >= 11 is 0. The second-order valence-electron chi connectivity index (χ2n) is 12.8. The fraction of sp³-hybridized carbons (Fsp3) is 0.818. The Bertz CT molecular complexity index is 765. The van der Waals surface area contributed by atoms with Crippen molar-refractivity contribution in [2.45, 2.75) is 132 Å². The molecule has 0 radical (unpaired) electrons. The minimum atomic E-state index is 0.444. The van der Waals surface area contributed by atoms with Crippen LogP contribution in [0.3, 0.4) is 0 Å². The molecule has 3 atom stereocenters. The van der Waals surface area contributed by atoms with Crippen LogP contribution in [0.2, 0.25) is 0 Å². The predicted octanol–water partition coefficient (Wildman–Crippen LogP) is 9.57. The van der Waals surface area contributed by atoms with Crippen molar-refractivity contribution in [3.8, 4) is 5.75 Å². The number of hydrogen-bond donors (Lipinski definition) is 0. The van der Waals surface area contributed by atoms with E-state index in [4.69, 9.17) is 9.47 Å². The van der Waals surface area contributed by atoms with Crippen LogP contribution in [-0.4, -0.2) is 20.3 Å². The molecule has 0 heterocycles. The molecule has 2 heteroatoms. The van der Waals surface area contributed by atoms with E-state index < -0.39 is 0 Å². The van der Waals surface area contributed by atoms with E-state index >= 15 is 0 Å². The third-order valence-corrected chi connectivity index (χ3v) is 8.98. The molecule has 0 saturated carbocycles. The van der Waals surface area contributed by atoms with Gasteiger partial charge in [-0.2, -0.15) is 0 Å². The van der Waals surface area contributed by atoms with Crippen molar-refractivity contribution >= 4 is 0 Å². The molecule has 0 saturated heterocycles. The summed E-state index contributed by atoms with van der Waals surface area (Å²) in [5.74, 6) is 3.74.